The van der Waals surface area contributed by atoms with Crippen LogP contribution in [-0.4, -0.2) is 30.2 Å². The maximum Gasteiger partial charge on any atom is 0.277 e. The summed E-state index contributed by atoms with van der Waals surface area (Å²) in [6.07, 6.45) is 0. The highest BCUT2D eigenvalue weighted by atomic mass is 32.2. The van der Waals surface area contributed by atoms with Crippen LogP contribution in [0.2, 0.25) is 0 Å². The lowest BCUT2D eigenvalue weighted by atomic mass is 10.2. The molecule has 0 N–H and O–H groups in total. The Hall–Kier alpha value is -4.13. The zero-order valence-corrected chi connectivity index (χ0v) is 15.7. The van der Waals surface area contributed by atoms with E-state index in [-0.39, 0.29) is 40.0 Å². The molecular formula is C17H10N6O6S. The molecule has 0 atom stereocenters. The lowest BCUT2D eigenvalue weighted by Crippen LogP contribution is -1.88. The fourth-order valence-electron chi connectivity index (χ4n) is 2.42. The van der Waals surface area contributed by atoms with Crippen LogP contribution in [0, 0.1) is 20.2 Å². The predicted molar refractivity (Wildman–Crippen MR) is 102 cm³/mol. The first-order valence-electron chi connectivity index (χ1n) is 8.28. The third kappa shape index (κ3) is 4.15. The molecule has 0 aliphatic carbocycles. The van der Waals surface area contributed by atoms with E-state index in [2.05, 4.69) is 20.4 Å². The van der Waals surface area contributed by atoms with Crippen molar-refractivity contribution in [2.45, 2.75) is 11.0 Å². The van der Waals surface area contributed by atoms with Crippen molar-refractivity contribution in [2.75, 3.05) is 0 Å². The molecular weight excluding hydrogens is 416 g/mol. The zero-order valence-electron chi connectivity index (χ0n) is 14.9. The van der Waals surface area contributed by atoms with E-state index in [1.165, 1.54) is 42.5 Å². The van der Waals surface area contributed by atoms with E-state index in [0.717, 1.165) is 11.8 Å². The molecule has 0 bridgehead atoms. The molecule has 12 nitrogen and oxygen atoms in total. The molecule has 0 unspecified atom stereocenters. The second kappa shape index (κ2) is 8.08. The van der Waals surface area contributed by atoms with Gasteiger partial charge in [-0.05, 0) is 18.2 Å². The number of benzene rings is 2. The van der Waals surface area contributed by atoms with Gasteiger partial charge < -0.3 is 8.83 Å². The van der Waals surface area contributed by atoms with Crippen LogP contribution in [0.1, 0.15) is 5.89 Å². The van der Waals surface area contributed by atoms with Gasteiger partial charge in [-0.15, -0.1) is 20.4 Å². The second-order valence-corrected chi connectivity index (χ2v) is 6.70. The Labute approximate surface area is 171 Å². The number of rotatable bonds is 7. The van der Waals surface area contributed by atoms with Crippen molar-refractivity contribution in [3.8, 4) is 22.9 Å². The Morgan fingerprint density at radius 1 is 0.800 bits per heavy atom. The molecule has 0 fully saturated rings. The number of nitro groups is 2. The molecule has 4 aromatic rings. The van der Waals surface area contributed by atoms with E-state index < -0.39 is 9.85 Å². The van der Waals surface area contributed by atoms with Crippen molar-refractivity contribution in [1.29, 1.82) is 0 Å². The van der Waals surface area contributed by atoms with E-state index in [0.29, 0.717) is 11.1 Å². The monoisotopic (exact) mass is 426 g/mol. The lowest BCUT2D eigenvalue weighted by molar-refractivity contribution is -0.385. The lowest BCUT2D eigenvalue weighted by Gasteiger charge is -1.95. The van der Waals surface area contributed by atoms with Crippen LogP contribution in [0.15, 0.2) is 62.6 Å². The van der Waals surface area contributed by atoms with Crippen LogP contribution in [0.25, 0.3) is 22.9 Å². The highest BCUT2D eigenvalue weighted by Gasteiger charge is 2.15. The van der Waals surface area contributed by atoms with Gasteiger partial charge in [0.05, 0.1) is 15.6 Å². The van der Waals surface area contributed by atoms with Gasteiger partial charge in [0.1, 0.15) is 0 Å². The van der Waals surface area contributed by atoms with E-state index >= 15 is 0 Å². The summed E-state index contributed by atoms with van der Waals surface area (Å²) in [4.78, 5) is 20.6. The van der Waals surface area contributed by atoms with Crippen molar-refractivity contribution in [3.05, 3.63) is 74.7 Å². The van der Waals surface area contributed by atoms with E-state index in [1.807, 2.05) is 0 Å². The number of nitrogens with zero attached hydrogens (tertiary/aromatic N) is 6. The molecule has 0 aliphatic heterocycles. The molecule has 4 rings (SSSR count). The molecule has 150 valence electrons. The summed E-state index contributed by atoms with van der Waals surface area (Å²) >= 11 is 1.16. The summed E-state index contributed by atoms with van der Waals surface area (Å²) in [5, 5.41) is 37.5. The van der Waals surface area contributed by atoms with Crippen LogP contribution in [-0.2, 0) is 5.75 Å². The van der Waals surface area contributed by atoms with Crippen LogP contribution in [0.3, 0.4) is 0 Å². The average molecular weight is 426 g/mol. The molecule has 0 amide bonds. The minimum atomic E-state index is -0.505. The molecule has 2 aromatic heterocycles. The summed E-state index contributed by atoms with van der Waals surface area (Å²) in [6, 6.07) is 11.6. The van der Waals surface area contributed by atoms with Gasteiger partial charge in [-0.1, -0.05) is 17.8 Å². The SMILES string of the molecule is O=[N+]([O-])c1ccc(-c2nnc(SCc3nnc(-c4cccc([N+](=O)[O-])c4)o3)o2)cc1. The van der Waals surface area contributed by atoms with E-state index in [9.17, 15) is 20.2 Å². The quantitative estimate of drug-likeness (QED) is 0.239. The van der Waals surface area contributed by atoms with Crippen LogP contribution >= 0.6 is 11.8 Å². The molecule has 2 aromatic carbocycles. The Kier molecular flexibility index (Phi) is 5.17. The third-order valence-electron chi connectivity index (χ3n) is 3.82. The second-order valence-electron chi connectivity index (χ2n) is 5.77. The van der Waals surface area contributed by atoms with Gasteiger partial charge in [-0.2, -0.15) is 0 Å². The minimum absolute atomic E-state index is 0.0381. The average Bonchev–Trinajstić information content (AvgIpc) is 3.42. The van der Waals surface area contributed by atoms with E-state index in [1.54, 1.807) is 6.07 Å². The first kappa shape index (κ1) is 19.2. The molecule has 30 heavy (non-hydrogen) atoms. The molecule has 0 saturated carbocycles. The first-order chi connectivity index (χ1) is 14.5. The Morgan fingerprint density at radius 2 is 1.50 bits per heavy atom. The molecule has 0 aliphatic rings. The predicted octanol–water partition coefficient (Wildman–Crippen LogP) is 3.90. The number of aromatic nitrogens is 4. The largest absolute Gasteiger partial charge is 0.420 e. The zero-order chi connectivity index (χ0) is 21.1. The third-order valence-corrected chi connectivity index (χ3v) is 4.62. The summed E-state index contributed by atoms with van der Waals surface area (Å²) in [7, 11) is 0. The number of hydrogen-bond donors (Lipinski definition) is 0. The Morgan fingerprint density at radius 3 is 2.23 bits per heavy atom. The summed E-state index contributed by atoms with van der Waals surface area (Å²) in [5.41, 5.74) is 0.868. The topological polar surface area (TPSA) is 164 Å². The first-order valence-corrected chi connectivity index (χ1v) is 9.26. The summed E-state index contributed by atoms with van der Waals surface area (Å²) in [6.45, 7) is 0. The fraction of sp³-hybridized carbons (Fsp3) is 0.0588. The van der Waals surface area contributed by atoms with Crippen molar-refractivity contribution < 1.29 is 18.7 Å². The highest BCUT2D eigenvalue weighted by Crippen LogP contribution is 2.28. The maximum absolute atomic E-state index is 10.9. The fourth-order valence-corrected chi connectivity index (χ4v) is 3.02. The van der Waals surface area contributed by atoms with Gasteiger partial charge >= 0.3 is 0 Å². The maximum atomic E-state index is 10.9. The van der Waals surface area contributed by atoms with Crippen molar-refractivity contribution in [1.82, 2.24) is 20.4 Å². The van der Waals surface area contributed by atoms with Gasteiger partial charge in [0, 0.05) is 35.4 Å². The van der Waals surface area contributed by atoms with Gasteiger partial charge in [0.15, 0.2) is 0 Å². The highest BCUT2D eigenvalue weighted by molar-refractivity contribution is 7.98. The van der Waals surface area contributed by atoms with Gasteiger partial charge in [-0.25, -0.2) is 0 Å². The van der Waals surface area contributed by atoms with Crippen molar-refractivity contribution >= 4 is 23.1 Å². The standard InChI is InChI=1S/C17H10N6O6S/c24-22(25)12-6-4-10(5-7-12)15-20-21-17(29-15)30-9-14-18-19-16(28-14)11-2-1-3-13(8-11)23(26)27/h1-8H,9H2. The molecule has 0 spiro atoms. The molecule has 13 heteroatoms. The van der Waals surface area contributed by atoms with Crippen LogP contribution in [0.4, 0.5) is 11.4 Å². The Bertz CT molecular complexity index is 1220. The van der Waals surface area contributed by atoms with Crippen LogP contribution < -0.4 is 0 Å². The van der Waals surface area contributed by atoms with E-state index in [4.69, 9.17) is 8.83 Å². The van der Waals surface area contributed by atoms with Gasteiger partial charge in [0.2, 0.25) is 17.7 Å². The van der Waals surface area contributed by atoms with Crippen molar-refractivity contribution in [3.63, 3.8) is 0 Å². The molecule has 2 heterocycles. The number of hydrogen-bond acceptors (Lipinski definition) is 11. The van der Waals surface area contributed by atoms with Gasteiger partial charge in [-0.3, -0.25) is 20.2 Å². The normalized spacial score (nSPS) is 10.8. The molecule has 0 radical (unpaired) electrons. The van der Waals surface area contributed by atoms with Crippen molar-refractivity contribution in [2.24, 2.45) is 0 Å². The summed E-state index contributed by atoms with van der Waals surface area (Å²) < 4.78 is 11.1. The minimum Gasteiger partial charge on any atom is -0.420 e. The number of nitro benzene ring substituents is 2. The summed E-state index contributed by atoms with van der Waals surface area (Å²) in [5.74, 6) is 0.891. The molecule has 0 saturated heterocycles. The Balaban J connectivity index is 1.42. The number of thioether (sulfide) groups is 1. The van der Waals surface area contributed by atoms with Crippen LogP contribution in [0.5, 0.6) is 0 Å². The van der Waals surface area contributed by atoms with Gasteiger partial charge in [0.25, 0.3) is 16.6 Å². The number of non-ortho nitro benzene ring substituents is 2. The smallest absolute Gasteiger partial charge is 0.277 e.